The van der Waals surface area contributed by atoms with E-state index in [0.29, 0.717) is 25.2 Å². The van der Waals surface area contributed by atoms with Crippen LogP contribution in [0.1, 0.15) is 33.0 Å². The van der Waals surface area contributed by atoms with Crippen LogP contribution >= 0.6 is 0 Å². The van der Waals surface area contributed by atoms with Crippen LogP contribution in [0, 0.1) is 13.8 Å². The summed E-state index contributed by atoms with van der Waals surface area (Å²) < 4.78 is 1.44. The fourth-order valence-corrected chi connectivity index (χ4v) is 2.84. The highest BCUT2D eigenvalue weighted by atomic mass is 16.2. The van der Waals surface area contributed by atoms with Gasteiger partial charge in [-0.1, -0.05) is 30.3 Å². The maximum Gasteiger partial charge on any atom is 0.326 e. The molecule has 0 aliphatic rings. The normalized spacial score (nSPS) is 10.8. The number of rotatable bonds is 6. The number of aromatic nitrogens is 4. The predicted molar refractivity (Wildman–Crippen MR) is 94.7 cm³/mol. The second kappa shape index (κ2) is 7.21. The molecule has 0 radical (unpaired) electrons. The summed E-state index contributed by atoms with van der Waals surface area (Å²) in [6.45, 7) is 4.72. The van der Waals surface area contributed by atoms with Gasteiger partial charge in [0.15, 0.2) is 0 Å². The van der Waals surface area contributed by atoms with E-state index in [2.05, 4.69) is 20.5 Å². The minimum atomic E-state index is -0.296. The average Bonchev–Trinajstić information content (AvgIpc) is 3.13. The Morgan fingerprint density at radius 2 is 2.00 bits per heavy atom. The van der Waals surface area contributed by atoms with E-state index in [1.807, 2.05) is 44.2 Å². The molecule has 130 valence electrons. The number of nitrogens with one attached hydrogen (secondary N) is 3. The van der Waals surface area contributed by atoms with Gasteiger partial charge in [0, 0.05) is 18.4 Å². The lowest BCUT2D eigenvalue weighted by Gasteiger charge is -2.08. The third kappa shape index (κ3) is 3.71. The summed E-state index contributed by atoms with van der Waals surface area (Å²) in [7, 11) is 0. The predicted octanol–water partition coefficient (Wildman–Crippen LogP) is 1.54. The molecule has 3 N–H and O–H groups in total. The Bertz CT molecular complexity index is 901. The molecule has 3 aromatic rings. The maximum absolute atomic E-state index is 12.5. The molecule has 0 fully saturated rings. The van der Waals surface area contributed by atoms with Crippen molar-refractivity contribution in [2.75, 3.05) is 6.54 Å². The molecule has 0 unspecified atom stereocenters. The zero-order valence-corrected chi connectivity index (χ0v) is 14.3. The van der Waals surface area contributed by atoms with Gasteiger partial charge in [-0.05, 0) is 31.4 Å². The van der Waals surface area contributed by atoms with E-state index in [1.54, 1.807) is 0 Å². The second-order valence-corrected chi connectivity index (χ2v) is 5.97. The fourth-order valence-electron chi connectivity index (χ4n) is 2.84. The van der Waals surface area contributed by atoms with E-state index in [1.165, 1.54) is 10.8 Å². The molecule has 0 bridgehead atoms. The van der Waals surface area contributed by atoms with Crippen molar-refractivity contribution in [2.24, 2.45) is 0 Å². The molecule has 7 heteroatoms. The molecule has 0 saturated heterocycles. The third-order valence-electron chi connectivity index (χ3n) is 4.23. The Kier molecular flexibility index (Phi) is 4.83. The largest absolute Gasteiger partial charge is 0.350 e. The summed E-state index contributed by atoms with van der Waals surface area (Å²) >= 11 is 0. The number of nitrogens with zero attached hydrogens (tertiary/aromatic N) is 2. The molecule has 7 nitrogen and oxygen atoms in total. The SMILES string of the molecule is Cc1n[nH]c(C)c1CCNC(=O)c1c[nH]c(=O)n1Cc1ccccc1. The van der Waals surface area contributed by atoms with Crippen molar-refractivity contribution < 1.29 is 4.79 Å². The number of carbonyl (C=O) groups excluding carboxylic acids is 1. The van der Waals surface area contributed by atoms with Crippen molar-refractivity contribution >= 4 is 5.91 Å². The zero-order valence-electron chi connectivity index (χ0n) is 14.3. The number of hydrogen-bond acceptors (Lipinski definition) is 3. The monoisotopic (exact) mass is 339 g/mol. The summed E-state index contributed by atoms with van der Waals surface area (Å²) in [4.78, 5) is 27.1. The first kappa shape index (κ1) is 16.8. The Hall–Kier alpha value is -3.09. The molecular weight excluding hydrogens is 318 g/mol. The van der Waals surface area contributed by atoms with E-state index in [0.717, 1.165) is 22.5 Å². The van der Waals surface area contributed by atoms with E-state index in [9.17, 15) is 9.59 Å². The Balaban J connectivity index is 1.67. The van der Waals surface area contributed by atoms with Crippen LogP contribution in [-0.2, 0) is 13.0 Å². The molecule has 0 aliphatic heterocycles. The highest BCUT2D eigenvalue weighted by Crippen LogP contribution is 2.09. The van der Waals surface area contributed by atoms with E-state index in [4.69, 9.17) is 0 Å². The van der Waals surface area contributed by atoms with Crippen LogP contribution in [-0.4, -0.2) is 32.2 Å². The van der Waals surface area contributed by atoms with E-state index in [-0.39, 0.29) is 11.6 Å². The summed E-state index contributed by atoms with van der Waals surface area (Å²) in [5.74, 6) is -0.270. The zero-order chi connectivity index (χ0) is 17.8. The molecular formula is C18H21N5O2. The molecule has 0 spiro atoms. The number of benzene rings is 1. The van der Waals surface area contributed by atoms with Crippen molar-refractivity contribution in [3.63, 3.8) is 0 Å². The number of carbonyl (C=O) groups is 1. The lowest BCUT2D eigenvalue weighted by molar-refractivity contribution is 0.0945. The molecule has 1 aromatic carbocycles. The van der Waals surface area contributed by atoms with Crippen molar-refractivity contribution in [1.29, 1.82) is 0 Å². The quantitative estimate of drug-likeness (QED) is 0.635. The number of H-pyrrole nitrogens is 2. The molecule has 0 atom stereocenters. The number of amides is 1. The molecule has 0 saturated carbocycles. The Labute approximate surface area is 145 Å². The van der Waals surface area contributed by atoms with Gasteiger partial charge in [0.2, 0.25) is 0 Å². The summed E-state index contributed by atoms with van der Waals surface area (Å²) in [6, 6.07) is 9.57. The fraction of sp³-hybridized carbons (Fsp3) is 0.278. The van der Waals surface area contributed by atoms with Gasteiger partial charge < -0.3 is 10.3 Å². The van der Waals surface area contributed by atoms with Crippen LogP contribution in [0.4, 0.5) is 0 Å². The van der Waals surface area contributed by atoms with Crippen LogP contribution in [0.3, 0.4) is 0 Å². The lowest BCUT2D eigenvalue weighted by atomic mass is 10.1. The van der Waals surface area contributed by atoms with Gasteiger partial charge in [0.05, 0.1) is 12.2 Å². The highest BCUT2D eigenvalue weighted by Gasteiger charge is 2.15. The molecule has 0 aliphatic carbocycles. The van der Waals surface area contributed by atoms with Crippen LogP contribution in [0.25, 0.3) is 0 Å². The first-order valence-electron chi connectivity index (χ1n) is 8.17. The minimum Gasteiger partial charge on any atom is -0.350 e. The van der Waals surface area contributed by atoms with E-state index < -0.39 is 0 Å². The van der Waals surface area contributed by atoms with Gasteiger partial charge in [0.25, 0.3) is 5.91 Å². The van der Waals surface area contributed by atoms with Crippen LogP contribution in [0.2, 0.25) is 0 Å². The van der Waals surface area contributed by atoms with Crippen molar-refractivity contribution in [2.45, 2.75) is 26.8 Å². The smallest absolute Gasteiger partial charge is 0.326 e. The number of aromatic amines is 2. The molecule has 1 amide bonds. The minimum absolute atomic E-state index is 0.270. The van der Waals surface area contributed by atoms with Gasteiger partial charge in [-0.3, -0.25) is 14.5 Å². The van der Waals surface area contributed by atoms with Gasteiger partial charge in [-0.25, -0.2) is 4.79 Å². The average molecular weight is 339 g/mol. The van der Waals surface area contributed by atoms with Crippen molar-refractivity contribution in [1.82, 2.24) is 25.1 Å². The van der Waals surface area contributed by atoms with Crippen molar-refractivity contribution in [3.05, 3.63) is 75.2 Å². The summed E-state index contributed by atoms with van der Waals surface area (Å²) in [5.41, 5.74) is 4.05. The van der Waals surface area contributed by atoms with Crippen LogP contribution in [0.15, 0.2) is 41.3 Å². The van der Waals surface area contributed by atoms with E-state index >= 15 is 0 Å². The standard InChI is InChI=1S/C18H21N5O2/c1-12-15(13(2)22-21-12)8-9-19-17(24)16-10-20-18(25)23(16)11-14-6-4-3-5-7-14/h3-7,10H,8-9,11H2,1-2H3,(H,19,24)(H,20,25)(H,21,22). The Morgan fingerprint density at radius 3 is 2.68 bits per heavy atom. The first-order chi connectivity index (χ1) is 12.1. The topological polar surface area (TPSA) is 95.6 Å². The lowest BCUT2D eigenvalue weighted by Crippen LogP contribution is -2.30. The number of imidazole rings is 1. The molecule has 2 heterocycles. The van der Waals surface area contributed by atoms with Gasteiger partial charge in [-0.2, -0.15) is 5.10 Å². The second-order valence-electron chi connectivity index (χ2n) is 5.97. The molecule has 2 aromatic heterocycles. The van der Waals surface area contributed by atoms with Crippen LogP contribution < -0.4 is 11.0 Å². The summed E-state index contributed by atoms with van der Waals surface area (Å²) in [5, 5.41) is 9.95. The number of aryl methyl sites for hydroxylation is 2. The van der Waals surface area contributed by atoms with Gasteiger partial charge >= 0.3 is 5.69 Å². The highest BCUT2D eigenvalue weighted by molar-refractivity contribution is 5.92. The molecule has 25 heavy (non-hydrogen) atoms. The van der Waals surface area contributed by atoms with Gasteiger partial charge in [-0.15, -0.1) is 0 Å². The van der Waals surface area contributed by atoms with Crippen molar-refractivity contribution in [3.8, 4) is 0 Å². The molecule has 3 rings (SSSR count). The maximum atomic E-state index is 12.5. The Morgan fingerprint density at radius 1 is 1.24 bits per heavy atom. The van der Waals surface area contributed by atoms with Crippen LogP contribution in [0.5, 0.6) is 0 Å². The van der Waals surface area contributed by atoms with Gasteiger partial charge in [0.1, 0.15) is 5.69 Å². The summed E-state index contributed by atoms with van der Waals surface area (Å²) in [6.07, 6.45) is 2.14. The first-order valence-corrected chi connectivity index (χ1v) is 8.17. The number of hydrogen-bond donors (Lipinski definition) is 3. The third-order valence-corrected chi connectivity index (χ3v) is 4.23.